The highest BCUT2D eigenvalue weighted by Gasteiger charge is 2.15. The Bertz CT molecular complexity index is 441. The van der Waals surface area contributed by atoms with Gasteiger partial charge in [0.15, 0.2) is 0 Å². The number of carbonyl (C=O) groups is 5. The molecule has 0 rings (SSSR count). The summed E-state index contributed by atoms with van der Waals surface area (Å²) in [4.78, 5) is 49.0. The Morgan fingerprint density at radius 1 is 0.640 bits per heavy atom. The summed E-state index contributed by atoms with van der Waals surface area (Å²) in [6.07, 6.45) is -1.06. The Morgan fingerprint density at radius 2 is 0.880 bits per heavy atom. The van der Waals surface area contributed by atoms with Crippen molar-refractivity contribution in [1.82, 2.24) is 0 Å². The van der Waals surface area contributed by atoms with Crippen LogP contribution in [0.3, 0.4) is 0 Å². The van der Waals surface area contributed by atoms with Gasteiger partial charge in [0, 0.05) is 5.75 Å². The Labute approximate surface area is 146 Å². The zero-order valence-corrected chi connectivity index (χ0v) is 13.7. The molecule has 0 saturated carbocycles. The van der Waals surface area contributed by atoms with Gasteiger partial charge in [-0.1, -0.05) is 0 Å². The Kier molecular flexibility index (Phi) is 16.6. The number of thiol groups is 1. The molecule has 0 aromatic carbocycles. The minimum absolute atomic E-state index is 0.190. The van der Waals surface area contributed by atoms with Crippen molar-refractivity contribution in [2.75, 3.05) is 5.75 Å². The van der Waals surface area contributed by atoms with Crippen LogP contribution < -0.4 is 17.2 Å². The van der Waals surface area contributed by atoms with Gasteiger partial charge in [-0.05, 0) is 0 Å². The number of carboxylic acid groups (broad SMARTS) is 5. The number of hydrogen-bond acceptors (Lipinski definition) is 9. The van der Waals surface area contributed by atoms with Crippen LogP contribution in [0.5, 0.6) is 0 Å². The molecule has 0 aromatic rings. The van der Waals surface area contributed by atoms with E-state index in [1.807, 2.05) is 0 Å². The molecule has 0 radical (unpaired) electrons. The van der Waals surface area contributed by atoms with Crippen LogP contribution in [0.25, 0.3) is 0 Å². The summed E-state index contributed by atoms with van der Waals surface area (Å²) in [6, 6.07) is -3.40. The van der Waals surface area contributed by atoms with Gasteiger partial charge in [0.2, 0.25) is 0 Å². The Morgan fingerprint density at radius 3 is 0.920 bits per heavy atom. The van der Waals surface area contributed by atoms with E-state index in [-0.39, 0.29) is 5.75 Å². The lowest BCUT2D eigenvalue weighted by molar-refractivity contribution is -0.144. The van der Waals surface area contributed by atoms with E-state index in [0.717, 1.165) is 0 Å². The highest BCUT2D eigenvalue weighted by atomic mass is 32.1. The third-order valence-corrected chi connectivity index (χ3v) is 2.33. The normalized spacial score (nSPS) is 12.8. The van der Waals surface area contributed by atoms with Crippen molar-refractivity contribution in [3.63, 3.8) is 0 Å². The zero-order valence-electron chi connectivity index (χ0n) is 12.8. The minimum atomic E-state index is -1.29. The predicted molar refractivity (Wildman–Crippen MR) is 85.2 cm³/mol. The van der Waals surface area contributed by atoms with E-state index in [1.54, 1.807) is 0 Å². The molecule has 0 unspecified atom stereocenters. The highest BCUT2D eigenvalue weighted by molar-refractivity contribution is 7.80. The van der Waals surface area contributed by atoms with Crippen LogP contribution in [-0.2, 0) is 24.0 Å². The number of nitrogens with two attached hydrogens (primary N) is 3. The molecule has 0 fully saturated rings. The first-order chi connectivity index (χ1) is 11.3. The first-order valence-corrected chi connectivity index (χ1v) is 6.89. The lowest BCUT2D eigenvalue weighted by Crippen LogP contribution is -2.32. The molecule has 0 heterocycles. The SMILES string of the molecule is N[C@@H](CC(=O)O)C(=O)O.N[C@@H](CC(=O)O)C(=O)O.N[C@@H](CS)C(=O)O. The van der Waals surface area contributed by atoms with E-state index in [2.05, 4.69) is 12.6 Å². The maximum absolute atomic E-state index is 9.85. The van der Waals surface area contributed by atoms with E-state index in [1.165, 1.54) is 0 Å². The number of hydrogen-bond donors (Lipinski definition) is 9. The van der Waals surface area contributed by atoms with Crippen LogP contribution >= 0.6 is 12.6 Å². The molecule has 0 spiro atoms. The second-order valence-electron chi connectivity index (χ2n) is 4.21. The van der Waals surface area contributed by atoms with Crippen molar-refractivity contribution >= 4 is 42.5 Å². The fraction of sp³-hybridized carbons (Fsp3) is 0.545. The molecule has 25 heavy (non-hydrogen) atoms. The van der Waals surface area contributed by atoms with Crippen LogP contribution in [0, 0.1) is 0 Å². The van der Waals surface area contributed by atoms with Crippen LogP contribution in [0.2, 0.25) is 0 Å². The summed E-state index contributed by atoms with van der Waals surface area (Å²) in [5.41, 5.74) is 14.6. The fourth-order valence-corrected chi connectivity index (χ4v) is 0.785. The van der Waals surface area contributed by atoms with E-state index in [9.17, 15) is 24.0 Å². The molecule has 14 heteroatoms. The summed E-state index contributed by atoms with van der Waals surface area (Å²) >= 11 is 3.65. The van der Waals surface area contributed by atoms with Gasteiger partial charge in [-0.25, -0.2) is 0 Å². The van der Waals surface area contributed by atoms with Crippen LogP contribution in [-0.4, -0.2) is 79.3 Å². The second-order valence-corrected chi connectivity index (χ2v) is 4.58. The van der Waals surface area contributed by atoms with Crippen LogP contribution in [0.15, 0.2) is 0 Å². The first kappa shape index (κ1) is 27.4. The third kappa shape index (κ3) is 21.6. The van der Waals surface area contributed by atoms with E-state index < -0.39 is 60.8 Å². The van der Waals surface area contributed by atoms with Gasteiger partial charge in [0.25, 0.3) is 0 Å². The van der Waals surface area contributed by atoms with Gasteiger partial charge in [-0.3, -0.25) is 24.0 Å². The molecule has 0 amide bonds. The van der Waals surface area contributed by atoms with Crippen molar-refractivity contribution in [2.45, 2.75) is 31.0 Å². The molecular weight excluding hydrogens is 366 g/mol. The molecule has 0 aliphatic carbocycles. The lowest BCUT2D eigenvalue weighted by atomic mass is 10.2. The smallest absolute Gasteiger partial charge is 0.321 e. The van der Waals surface area contributed by atoms with Crippen molar-refractivity contribution < 1.29 is 49.5 Å². The number of rotatable bonds is 8. The molecule has 0 saturated heterocycles. The van der Waals surface area contributed by atoms with Gasteiger partial charge in [-0.15, -0.1) is 0 Å². The second kappa shape index (κ2) is 15.1. The number of aliphatic carboxylic acids is 5. The monoisotopic (exact) mass is 387 g/mol. The first-order valence-electron chi connectivity index (χ1n) is 6.25. The topological polar surface area (TPSA) is 265 Å². The van der Waals surface area contributed by atoms with Gasteiger partial charge in [0.05, 0.1) is 12.8 Å². The van der Waals surface area contributed by atoms with Crippen molar-refractivity contribution in [1.29, 1.82) is 0 Å². The maximum Gasteiger partial charge on any atom is 0.321 e. The fourth-order valence-electron chi connectivity index (χ4n) is 0.629. The molecule has 13 nitrogen and oxygen atoms in total. The third-order valence-electron chi connectivity index (χ3n) is 1.94. The predicted octanol–water partition coefficient (Wildman–Crippen LogP) is -2.93. The minimum Gasteiger partial charge on any atom is -0.481 e. The largest absolute Gasteiger partial charge is 0.481 e. The standard InChI is InChI=1S/2C4H7NO4.C3H7NO2S/c2*5-2(4(8)9)1-3(6)7;4-2(1-7)3(5)6/h2*2H,1,5H2,(H,6,7)(H,8,9);2,7H,1,4H2,(H,5,6)/t3*2-/m000/s1. The quantitative estimate of drug-likeness (QED) is 0.189. The molecule has 146 valence electrons. The lowest BCUT2D eigenvalue weighted by Gasteiger charge is -1.99. The van der Waals surface area contributed by atoms with E-state index in [4.69, 9.17) is 42.7 Å². The van der Waals surface area contributed by atoms with Gasteiger partial charge in [-0.2, -0.15) is 12.6 Å². The molecule has 0 aromatic heterocycles. The molecule has 11 N–H and O–H groups in total. The summed E-state index contributed by atoms with van der Waals surface area (Å²) in [5.74, 6) is -5.81. The van der Waals surface area contributed by atoms with Crippen molar-refractivity contribution in [2.24, 2.45) is 17.2 Å². The average molecular weight is 387 g/mol. The van der Waals surface area contributed by atoms with Gasteiger partial charge in [0.1, 0.15) is 18.1 Å². The zero-order chi connectivity index (χ0) is 20.7. The summed E-state index contributed by atoms with van der Waals surface area (Å²) in [7, 11) is 0. The van der Waals surface area contributed by atoms with Crippen LogP contribution in [0.1, 0.15) is 12.8 Å². The molecule has 0 aliphatic heterocycles. The molecular formula is C11H21N3O10S. The Hall–Kier alpha value is -2.42. The Balaban J connectivity index is -0.000000293. The van der Waals surface area contributed by atoms with E-state index in [0.29, 0.717) is 0 Å². The van der Waals surface area contributed by atoms with Gasteiger partial charge < -0.3 is 42.7 Å². The highest BCUT2D eigenvalue weighted by Crippen LogP contribution is 1.86. The molecule has 0 aliphatic rings. The summed E-state index contributed by atoms with van der Waals surface area (Å²) < 4.78 is 0. The number of carboxylic acids is 5. The maximum atomic E-state index is 9.85. The molecule has 3 atom stereocenters. The van der Waals surface area contributed by atoms with Crippen molar-refractivity contribution in [3.8, 4) is 0 Å². The van der Waals surface area contributed by atoms with E-state index >= 15 is 0 Å². The molecule has 0 bridgehead atoms. The summed E-state index contributed by atoms with van der Waals surface area (Å²) in [6.45, 7) is 0. The summed E-state index contributed by atoms with van der Waals surface area (Å²) in [5, 5.41) is 40.1. The van der Waals surface area contributed by atoms with Crippen LogP contribution in [0.4, 0.5) is 0 Å². The van der Waals surface area contributed by atoms with Gasteiger partial charge >= 0.3 is 29.8 Å². The average Bonchev–Trinajstić information content (AvgIpc) is 2.45. The van der Waals surface area contributed by atoms with Crippen molar-refractivity contribution in [3.05, 3.63) is 0 Å².